The van der Waals surface area contributed by atoms with Crippen molar-refractivity contribution < 1.29 is 0 Å². The lowest BCUT2D eigenvalue weighted by atomic mass is 10.0. The smallest absolute Gasteiger partial charge is 0.220 e. The van der Waals surface area contributed by atoms with Crippen LogP contribution in [0.2, 0.25) is 0 Å². The van der Waals surface area contributed by atoms with Crippen LogP contribution < -0.4 is 0 Å². The highest BCUT2D eigenvalue weighted by atomic mass is 15.2. The topological polar surface area (TPSA) is 27.7 Å². The van der Waals surface area contributed by atoms with Gasteiger partial charge in [-0.1, -0.05) is 91.0 Å². The molecular weight excluding hydrogens is 548 g/mol. The lowest BCUT2D eigenvalue weighted by Crippen LogP contribution is -2.05. The summed E-state index contributed by atoms with van der Waals surface area (Å²) in [7, 11) is 0. The molecule has 10 aromatic rings. The third-order valence-electron chi connectivity index (χ3n) is 9.22. The largest absolute Gasteiger partial charge is 0.309 e. The average Bonchev–Trinajstić information content (AvgIpc) is 3.75. The Balaban J connectivity index is 1.37. The molecule has 0 saturated carbocycles. The standard InChI is InChI=1S/C41H26N4/c1-3-13-28(14-4-1)43-35-20-10-7-17-30(35)33-25-27-23-24-38-40(32(27)26-39(33)43)31-18-8-11-21-36(31)45(38)41-42-34-19-9-12-22-37(34)44(41)29-15-5-2-6-16-29/h1-26H. The van der Waals surface area contributed by atoms with Gasteiger partial charge < -0.3 is 4.57 Å². The molecule has 0 fully saturated rings. The van der Waals surface area contributed by atoms with Crippen molar-refractivity contribution in [2.24, 2.45) is 0 Å². The fraction of sp³-hybridized carbons (Fsp3) is 0. The maximum Gasteiger partial charge on any atom is 0.220 e. The second-order valence-corrected chi connectivity index (χ2v) is 11.7. The molecule has 0 spiro atoms. The summed E-state index contributed by atoms with van der Waals surface area (Å²) in [6, 6.07) is 56.4. The van der Waals surface area contributed by atoms with Gasteiger partial charge >= 0.3 is 0 Å². The lowest BCUT2D eigenvalue weighted by molar-refractivity contribution is 0.956. The summed E-state index contributed by atoms with van der Waals surface area (Å²) in [5, 5.41) is 7.43. The maximum absolute atomic E-state index is 5.27. The maximum atomic E-state index is 5.27. The molecule has 3 aromatic heterocycles. The van der Waals surface area contributed by atoms with Crippen molar-refractivity contribution in [1.29, 1.82) is 0 Å². The van der Waals surface area contributed by atoms with Crippen molar-refractivity contribution in [2.45, 2.75) is 0 Å². The fourth-order valence-electron chi connectivity index (χ4n) is 7.32. The van der Waals surface area contributed by atoms with E-state index in [1.165, 1.54) is 43.4 Å². The molecule has 210 valence electrons. The van der Waals surface area contributed by atoms with Gasteiger partial charge in [0.1, 0.15) is 0 Å². The summed E-state index contributed by atoms with van der Waals surface area (Å²) < 4.78 is 7.02. The molecule has 0 atom stereocenters. The molecule has 0 N–H and O–H groups in total. The number of hydrogen-bond donors (Lipinski definition) is 0. The van der Waals surface area contributed by atoms with E-state index < -0.39 is 0 Å². The molecule has 0 aliphatic heterocycles. The van der Waals surface area contributed by atoms with Crippen molar-refractivity contribution in [3.05, 3.63) is 158 Å². The van der Waals surface area contributed by atoms with Crippen LogP contribution in [0.5, 0.6) is 0 Å². The Kier molecular flexibility index (Phi) is 4.96. The molecule has 0 aliphatic carbocycles. The molecule has 0 saturated heterocycles. The molecule has 0 amide bonds. The van der Waals surface area contributed by atoms with Crippen LogP contribution in [0, 0.1) is 0 Å². The molecule has 45 heavy (non-hydrogen) atoms. The number of aromatic nitrogens is 4. The number of para-hydroxylation sites is 6. The molecule has 0 radical (unpaired) electrons. The molecule has 7 aromatic carbocycles. The molecule has 4 heteroatoms. The monoisotopic (exact) mass is 574 g/mol. The van der Waals surface area contributed by atoms with Gasteiger partial charge in [-0.15, -0.1) is 0 Å². The Hall–Kier alpha value is -6.13. The first-order chi connectivity index (χ1) is 22.3. The molecule has 4 nitrogen and oxygen atoms in total. The Morgan fingerprint density at radius 1 is 0.356 bits per heavy atom. The van der Waals surface area contributed by atoms with Gasteiger partial charge in [0.15, 0.2) is 0 Å². The normalized spacial score (nSPS) is 12.0. The van der Waals surface area contributed by atoms with Gasteiger partial charge in [0.05, 0.1) is 33.1 Å². The van der Waals surface area contributed by atoms with Crippen molar-refractivity contribution in [3.8, 4) is 17.3 Å². The molecule has 0 bridgehead atoms. The van der Waals surface area contributed by atoms with Gasteiger partial charge in [-0.05, 0) is 77.5 Å². The second kappa shape index (κ2) is 9.18. The van der Waals surface area contributed by atoms with E-state index in [1.807, 2.05) is 0 Å². The molecule has 10 rings (SSSR count). The summed E-state index contributed by atoms with van der Waals surface area (Å²) in [6.45, 7) is 0. The van der Waals surface area contributed by atoms with E-state index in [4.69, 9.17) is 4.98 Å². The summed E-state index contributed by atoms with van der Waals surface area (Å²) >= 11 is 0. The van der Waals surface area contributed by atoms with Crippen LogP contribution in [0.15, 0.2) is 158 Å². The van der Waals surface area contributed by atoms with Crippen LogP contribution in [0.3, 0.4) is 0 Å². The first-order valence-corrected chi connectivity index (χ1v) is 15.3. The predicted molar refractivity (Wildman–Crippen MR) is 187 cm³/mol. The number of rotatable bonds is 3. The zero-order chi connectivity index (χ0) is 29.5. The fourth-order valence-corrected chi connectivity index (χ4v) is 7.32. The van der Waals surface area contributed by atoms with Crippen LogP contribution in [0.1, 0.15) is 0 Å². The van der Waals surface area contributed by atoms with E-state index in [1.54, 1.807) is 0 Å². The van der Waals surface area contributed by atoms with E-state index >= 15 is 0 Å². The highest BCUT2D eigenvalue weighted by Gasteiger charge is 2.22. The predicted octanol–water partition coefficient (Wildman–Crippen LogP) is 10.4. The van der Waals surface area contributed by atoms with E-state index in [0.717, 1.165) is 39.4 Å². The van der Waals surface area contributed by atoms with Gasteiger partial charge in [-0.25, -0.2) is 4.98 Å². The van der Waals surface area contributed by atoms with Crippen molar-refractivity contribution in [2.75, 3.05) is 0 Å². The Labute approximate surface area is 258 Å². The minimum atomic E-state index is 0.882. The first kappa shape index (κ1) is 24.3. The molecule has 3 heterocycles. The van der Waals surface area contributed by atoms with Gasteiger partial charge in [0.25, 0.3) is 0 Å². The quantitative estimate of drug-likeness (QED) is 0.206. The van der Waals surface area contributed by atoms with Crippen molar-refractivity contribution in [1.82, 2.24) is 18.7 Å². The minimum absolute atomic E-state index is 0.882. The summed E-state index contributed by atoms with van der Waals surface area (Å²) in [5.41, 5.74) is 8.99. The summed E-state index contributed by atoms with van der Waals surface area (Å²) in [4.78, 5) is 5.27. The van der Waals surface area contributed by atoms with Gasteiger partial charge in [0.2, 0.25) is 5.95 Å². The minimum Gasteiger partial charge on any atom is -0.309 e. The van der Waals surface area contributed by atoms with Crippen LogP contribution in [0.25, 0.3) is 82.7 Å². The number of benzene rings is 7. The second-order valence-electron chi connectivity index (χ2n) is 11.7. The summed E-state index contributed by atoms with van der Waals surface area (Å²) in [5.74, 6) is 0.882. The molecule has 0 unspecified atom stereocenters. The average molecular weight is 575 g/mol. The molecular formula is C41H26N4. The van der Waals surface area contributed by atoms with Crippen LogP contribution in [-0.2, 0) is 0 Å². The highest BCUT2D eigenvalue weighted by molar-refractivity contribution is 6.24. The summed E-state index contributed by atoms with van der Waals surface area (Å²) in [6.07, 6.45) is 0. The van der Waals surface area contributed by atoms with Crippen LogP contribution in [0.4, 0.5) is 0 Å². The highest BCUT2D eigenvalue weighted by Crippen LogP contribution is 2.41. The van der Waals surface area contributed by atoms with E-state index in [2.05, 4.69) is 171 Å². The van der Waals surface area contributed by atoms with Gasteiger partial charge in [0, 0.05) is 32.9 Å². The van der Waals surface area contributed by atoms with E-state index in [9.17, 15) is 0 Å². The van der Waals surface area contributed by atoms with Crippen molar-refractivity contribution >= 4 is 65.4 Å². The number of hydrogen-bond acceptors (Lipinski definition) is 1. The third kappa shape index (κ3) is 3.39. The first-order valence-electron chi connectivity index (χ1n) is 15.3. The lowest BCUT2D eigenvalue weighted by Gasteiger charge is -2.12. The Bertz CT molecular complexity index is 2750. The number of nitrogens with zero attached hydrogens (tertiary/aromatic N) is 4. The SMILES string of the molecule is c1ccc(-n2c(-n3c4ccccc4c4c5cc6c(cc5ccc43)c3ccccc3n6-c3ccccc3)nc3ccccc32)cc1. The zero-order valence-corrected chi connectivity index (χ0v) is 24.3. The number of imidazole rings is 1. The molecule has 0 aliphatic rings. The zero-order valence-electron chi connectivity index (χ0n) is 24.3. The van der Waals surface area contributed by atoms with Gasteiger partial charge in [-0.3, -0.25) is 9.13 Å². The van der Waals surface area contributed by atoms with Gasteiger partial charge in [-0.2, -0.15) is 0 Å². The van der Waals surface area contributed by atoms with Crippen LogP contribution in [-0.4, -0.2) is 18.7 Å². The van der Waals surface area contributed by atoms with Crippen LogP contribution >= 0.6 is 0 Å². The number of fused-ring (bicyclic) bond motifs is 9. The van der Waals surface area contributed by atoms with E-state index in [0.29, 0.717) is 0 Å². The van der Waals surface area contributed by atoms with Crippen molar-refractivity contribution in [3.63, 3.8) is 0 Å². The third-order valence-corrected chi connectivity index (χ3v) is 9.22. The Morgan fingerprint density at radius 2 is 0.956 bits per heavy atom. The van der Waals surface area contributed by atoms with E-state index in [-0.39, 0.29) is 0 Å². The Morgan fingerprint density at radius 3 is 1.71 bits per heavy atom.